The second kappa shape index (κ2) is 7.00. The predicted molar refractivity (Wildman–Crippen MR) is 132 cm³/mol. The van der Waals surface area contributed by atoms with Crippen molar-refractivity contribution in [1.82, 2.24) is 5.32 Å². The first-order valence-electron chi connectivity index (χ1n) is 12.3. The van der Waals surface area contributed by atoms with Gasteiger partial charge in [0.25, 0.3) is 0 Å². The molecular formula is C30H29NO. The molecule has 0 spiro atoms. The van der Waals surface area contributed by atoms with Gasteiger partial charge >= 0.3 is 0 Å². The van der Waals surface area contributed by atoms with Crippen LogP contribution in [0.3, 0.4) is 0 Å². The first kappa shape index (κ1) is 18.6. The molecule has 32 heavy (non-hydrogen) atoms. The van der Waals surface area contributed by atoms with Crippen LogP contribution in [0.1, 0.15) is 78.3 Å². The number of benzene rings is 3. The number of para-hydroxylation sites is 1. The van der Waals surface area contributed by atoms with Crippen molar-refractivity contribution in [3.63, 3.8) is 0 Å². The number of hydrogen-bond donors (Lipinski definition) is 1. The van der Waals surface area contributed by atoms with E-state index < -0.39 is 0 Å². The van der Waals surface area contributed by atoms with Gasteiger partial charge in [-0.05, 0) is 90.5 Å². The number of aryl methyl sites for hydroxylation is 1. The molecule has 1 atom stereocenters. The van der Waals surface area contributed by atoms with Gasteiger partial charge < -0.3 is 9.73 Å². The fraction of sp³-hybridized carbons (Fsp3) is 0.333. The van der Waals surface area contributed by atoms with Crippen LogP contribution >= 0.6 is 0 Å². The van der Waals surface area contributed by atoms with E-state index in [2.05, 4.69) is 73.0 Å². The smallest absolute Gasteiger partial charge is 0.141 e. The molecule has 1 aromatic heterocycles. The summed E-state index contributed by atoms with van der Waals surface area (Å²) in [6, 6.07) is 20.5. The zero-order valence-electron chi connectivity index (χ0n) is 18.7. The topological polar surface area (TPSA) is 25.2 Å². The molecule has 0 saturated heterocycles. The lowest BCUT2D eigenvalue weighted by Crippen LogP contribution is -2.24. The SMILES string of the molecule is Cc1cc(C2NC=C(C3CC3)c3cc(C4CCCC4)ccc32)c2oc3ccccc3c2c1. The van der Waals surface area contributed by atoms with Crippen LogP contribution in [0.4, 0.5) is 0 Å². The van der Waals surface area contributed by atoms with E-state index in [4.69, 9.17) is 4.42 Å². The van der Waals surface area contributed by atoms with E-state index in [1.807, 2.05) is 0 Å². The maximum Gasteiger partial charge on any atom is 0.141 e. The Morgan fingerprint density at radius 3 is 2.50 bits per heavy atom. The molecule has 4 aromatic rings. The van der Waals surface area contributed by atoms with Crippen LogP contribution in [0.15, 0.2) is 65.2 Å². The van der Waals surface area contributed by atoms with Crippen LogP contribution in [0.2, 0.25) is 0 Å². The van der Waals surface area contributed by atoms with E-state index in [-0.39, 0.29) is 6.04 Å². The van der Waals surface area contributed by atoms with Crippen molar-refractivity contribution in [2.45, 2.75) is 57.4 Å². The molecule has 0 amide bonds. The van der Waals surface area contributed by atoms with E-state index >= 15 is 0 Å². The van der Waals surface area contributed by atoms with Crippen LogP contribution < -0.4 is 5.32 Å². The predicted octanol–water partition coefficient (Wildman–Crippen LogP) is 8.00. The summed E-state index contributed by atoms with van der Waals surface area (Å²) in [5.74, 6) is 1.47. The first-order chi connectivity index (χ1) is 15.8. The third-order valence-electron chi connectivity index (χ3n) is 7.91. The third-order valence-corrected chi connectivity index (χ3v) is 7.91. The minimum Gasteiger partial charge on any atom is -0.456 e. The Morgan fingerprint density at radius 1 is 0.812 bits per heavy atom. The van der Waals surface area contributed by atoms with Gasteiger partial charge in [-0.25, -0.2) is 0 Å². The van der Waals surface area contributed by atoms with Crippen LogP contribution in [0, 0.1) is 12.8 Å². The molecule has 1 unspecified atom stereocenters. The fourth-order valence-corrected chi connectivity index (χ4v) is 6.14. The molecule has 2 aliphatic carbocycles. The normalized spacial score (nSPS) is 21.0. The molecule has 1 aliphatic heterocycles. The summed E-state index contributed by atoms with van der Waals surface area (Å²) in [7, 11) is 0. The van der Waals surface area contributed by atoms with Crippen molar-refractivity contribution in [2.24, 2.45) is 5.92 Å². The Bertz CT molecular complexity index is 1380. The van der Waals surface area contributed by atoms with Crippen molar-refractivity contribution in [3.05, 3.63) is 88.6 Å². The molecule has 0 bridgehead atoms. The first-order valence-corrected chi connectivity index (χ1v) is 12.3. The molecule has 2 nitrogen and oxygen atoms in total. The lowest BCUT2D eigenvalue weighted by molar-refractivity contribution is 0.641. The number of furan rings is 1. The molecule has 2 heteroatoms. The number of rotatable bonds is 3. The molecule has 3 aromatic carbocycles. The Kier molecular flexibility index (Phi) is 4.06. The molecule has 2 saturated carbocycles. The quantitative estimate of drug-likeness (QED) is 0.364. The maximum atomic E-state index is 6.44. The zero-order valence-corrected chi connectivity index (χ0v) is 18.7. The molecule has 7 rings (SSSR count). The summed E-state index contributed by atoms with van der Waals surface area (Å²) in [4.78, 5) is 0. The van der Waals surface area contributed by atoms with E-state index in [9.17, 15) is 0 Å². The van der Waals surface area contributed by atoms with Gasteiger partial charge in [0.2, 0.25) is 0 Å². The Hall–Kier alpha value is -3.00. The van der Waals surface area contributed by atoms with Crippen LogP contribution in [-0.2, 0) is 0 Å². The Balaban J connectivity index is 1.41. The lowest BCUT2D eigenvalue weighted by Gasteiger charge is -2.29. The number of fused-ring (bicyclic) bond motifs is 4. The summed E-state index contributed by atoms with van der Waals surface area (Å²) >= 11 is 0. The highest BCUT2D eigenvalue weighted by atomic mass is 16.3. The molecular weight excluding hydrogens is 390 g/mol. The Morgan fingerprint density at radius 2 is 1.66 bits per heavy atom. The van der Waals surface area contributed by atoms with E-state index in [0.717, 1.165) is 23.0 Å². The minimum atomic E-state index is 0.119. The number of nitrogens with one attached hydrogen (secondary N) is 1. The molecule has 0 radical (unpaired) electrons. The number of allylic oxidation sites excluding steroid dienone is 1. The van der Waals surface area contributed by atoms with Crippen molar-refractivity contribution < 1.29 is 4.42 Å². The van der Waals surface area contributed by atoms with Crippen LogP contribution in [0.25, 0.3) is 27.5 Å². The average Bonchev–Trinajstić information content (AvgIpc) is 3.37. The molecule has 3 aliphatic rings. The molecule has 2 fully saturated rings. The average molecular weight is 420 g/mol. The standard InChI is InChI=1S/C30H29NO/c1-18-14-25-22-8-4-5-9-28(22)32-30(25)26(15-18)29-23-13-12-21(19-6-2-3-7-19)16-24(23)27(17-31-29)20-10-11-20/h4-5,8-9,12-17,19-20,29,31H,2-3,6-7,10-11H2,1H3. The van der Waals surface area contributed by atoms with Crippen LogP contribution in [0.5, 0.6) is 0 Å². The van der Waals surface area contributed by atoms with E-state index in [0.29, 0.717) is 0 Å². The highest BCUT2D eigenvalue weighted by molar-refractivity contribution is 6.06. The van der Waals surface area contributed by atoms with E-state index in [1.165, 1.54) is 77.1 Å². The maximum absolute atomic E-state index is 6.44. The summed E-state index contributed by atoms with van der Waals surface area (Å²) < 4.78 is 6.44. The minimum absolute atomic E-state index is 0.119. The van der Waals surface area contributed by atoms with Gasteiger partial charge in [0.05, 0.1) is 6.04 Å². The second-order valence-corrected chi connectivity index (χ2v) is 10.1. The number of hydrogen-bond acceptors (Lipinski definition) is 2. The van der Waals surface area contributed by atoms with Gasteiger partial charge in [-0.3, -0.25) is 0 Å². The van der Waals surface area contributed by atoms with Crippen molar-refractivity contribution in [2.75, 3.05) is 0 Å². The van der Waals surface area contributed by atoms with E-state index in [1.54, 1.807) is 5.56 Å². The largest absolute Gasteiger partial charge is 0.456 e. The lowest BCUT2D eigenvalue weighted by atomic mass is 9.83. The van der Waals surface area contributed by atoms with Gasteiger partial charge in [-0.2, -0.15) is 0 Å². The second-order valence-electron chi connectivity index (χ2n) is 10.1. The molecule has 2 heterocycles. The van der Waals surface area contributed by atoms with Gasteiger partial charge in [0.15, 0.2) is 0 Å². The summed E-state index contributed by atoms with van der Waals surface area (Å²) in [5.41, 5.74) is 10.5. The van der Waals surface area contributed by atoms with Gasteiger partial charge in [-0.1, -0.05) is 49.2 Å². The van der Waals surface area contributed by atoms with Gasteiger partial charge in [-0.15, -0.1) is 0 Å². The highest BCUT2D eigenvalue weighted by Gasteiger charge is 2.34. The molecule has 160 valence electrons. The highest BCUT2D eigenvalue weighted by Crippen LogP contribution is 2.48. The summed E-state index contributed by atoms with van der Waals surface area (Å²) in [6.45, 7) is 2.20. The van der Waals surface area contributed by atoms with Crippen molar-refractivity contribution >= 4 is 27.5 Å². The Labute approximate surface area is 189 Å². The van der Waals surface area contributed by atoms with Gasteiger partial charge in [0, 0.05) is 22.5 Å². The molecule has 1 N–H and O–H groups in total. The summed E-state index contributed by atoms with van der Waals surface area (Å²) in [6.07, 6.45) is 10.4. The van der Waals surface area contributed by atoms with Crippen LogP contribution in [-0.4, -0.2) is 0 Å². The summed E-state index contributed by atoms with van der Waals surface area (Å²) in [5, 5.41) is 6.22. The fourth-order valence-electron chi connectivity index (χ4n) is 6.14. The van der Waals surface area contributed by atoms with Crippen molar-refractivity contribution in [3.8, 4) is 0 Å². The zero-order chi connectivity index (χ0) is 21.2. The van der Waals surface area contributed by atoms with Gasteiger partial charge in [0.1, 0.15) is 11.2 Å². The monoisotopic (exact) mass is 419 g/mol. The van der Waals surface area contributed by atoms with Crippen molar-refractivity contribution in [1.29, 1.82) is 0 Å². The third kappa shape index (κ3) is 2.85.